The van der Waals surface area contributed by atoms with E-state index in [0.29, 0.717) is 23.5 Å². The number of piperazine rings is 1. The van der Waals surface area contributed by atoms with Gasteiger partial charge in [-0.15, -0.1) is 0 Å². The summed E-state index contributed by atoms with van der Waals surface area (Å²) in [6.07, 6.45) is 3.38. The first-order chi connectivity index (χ1) is 17.5. The van der Waals surface area contributed by atoms with Crippen molar-refractivity contribution in [2.75, 3.05) is 42.9 Å². The molecule has 3 aromatic carbocycles. The number of carbonyl (C=O) groups is 1. The Bertz CT molecular complexity index is 1160. The SMILES string of the molecule is CCCCc1ccc(N[S+]([O-])c2ccc(C)c(C(=O)N3CCN(c4ccccc4OC)CC3)c2)cc1. The highest BCUT2D eigenvalue weighted by Gasteiger charge is 2.26. The number of carbonyl (C=O) groups excluding carboxylic acids is 1. The van der Waals surface area contributed by atoms with E-state index >= 15 is 0 Å². The molecule has 3 aromatic rings. The van der Waals surface area contributed by atoms with Gasteiger partial charge in [-0.05, 0) is 61.2 Å². The fourth-order valence-corrected chi connectivity index (χ4v) is 5.33. The van der Waals surface area contributed by atoms with Gasteiger partial charge in [0, 0.05) is 37.8 Å². The van der Waals surface area contributed by atoms with Gasteiger partial charge in [0.15, 0.2) is 4.90 Å². The summed E-state index contributed by atoms with van der Waals surface area (Å²) in [5.74, 6) is 0.817. The molecule has 1 atom stereocenters. The lowest BCUT2D eigenvalue weighted by molar-refractivity contribution is 0.0745. The maximum absolute atomic E-state index is 13.4. The summed E-state index contributed by atoms with van der Waals surface area (Å²) in [6.45, 7) is 6.80. The minimum Gasteiger partial charge on any atom is -0.588 e. The van der Waals surface area contributed by atoms with E-state index in [2.05, 4.69) is 28.7 Å². The van der Waals surface area contributed by atoms with E-state index in [0.717, 1.165) is 55.0 Å². The van der Waals surface area contributed by atoms with E-state index in [4.69, 9.17) is 4.74 Å². The Morgan fingerprint density at radius 2 is 1.75 bits per heavy atom. The molecule has 0 bridgehead atoms. The topological polar surface area (TPSA) is 67.9 Å². The highest BCUT2D eigenvalue weighted by atomic mass is 32.2. The lowest BCUT2D eigenvalue weighted by Gasteiger charge is -2.36. The van der Waals surface area contributed by atoms with E-state index in [-0.39, 0.29) is 5.91 Å². The van der Waals surface area contributed by atoms with E-state index < -0.39 is 11.4 Å². The lowest BCUT2D eigenvalue weighted by atomic mass is 10.1. The van der Waals surface area contributed by atoms with Gasteiger partial charge < -0.3 is 19.1 Å². The van der Waals surface area contributed by atoms with Crippen molar-refractivity contribution >= 4 is 28.6 Å². The van der Waals surface area contributed by atoms with Gasteiger partial charge >= 0.3 is 0 Å². The Balaban J connectivity index is 1.40. The van der Waals surface area contributed by atoms with Crippen LogP contribution in [0.1, 0.15) is 41.3 Å². The number of anilines is 2. The number of methoxy groups -OCH3 is 1. The maximum Gasteiger partial charge on any atom is 0.254 e. The Morgan fingerprint density at radius 3 is 2.44 bits per heavy atom. The van der Waals surface area contributed by atoms with Gasteiger partial charge in [-0.25, -0.2) is 4.72 Å². The number of hydrogen-bond acceptors (Lipinski definition) is 5. The quantitative estimate of drug-likeness (QED) is 0.392. The number of benzene rings is 3. The molecule has 0 spiro atoms. The van der Waals surface area contributed by atoms with Crippen molar-refractivity contribution in [3.63, 3.8) is 0 Å². The van der Waals surface area contributed by atoms with Crippen molar-refractivity contribution in [1.29, 1.82) is 0 Å². The van der Waals surface area contributed by atoms with Crippen molar-refractivity contribution in [2.24, 2.45) is 0 Å². The van der Waals surface area contributed by atoms with Gasteiger partial charge in [0.1, 0.15) is 17.1 Å². The standard InChI is InChI=1S/C29H35N3O3S/c1-4-5-8-23-12-14-24(15-13-23)30-36(34)25-16-11-22(2)26(21-25)29(33)32-19-17-31(18-20-32)27-9-6-7-10-28(27)35-3/h6-7,9-16,21,30H,4-5,8,17-20H2,1-3H3. The van der Waals surface area contributed by atoms with Crippen LogP contribution >= 0.6 is 0 Å². The predicted octanol–water partition coefficient (Wildman–Crippen LogP) is 5.44. The summed E-state index contributed by atoms with van der Waals surface area (Å²) in [5, 5.41) is 0. The first-order valence-corrected chi connectivity index (χ1v) is 13.7. The van der Waals surface area contributed by atoms with E-state index in [1.165, 1.54) is 5.56 Å². The molecule has 4 rings (SSSR count). The number of unbranched alkanes of at least 4 members (excludes halogenated alkanes) is 1. The van der Waals surface area contributed by atoms with Crippen LogP contribution in [0.4, 0.5) is 11.4 Å². The van der Waals surface area contributed by atoms with Crippen molar-refractivity contribution in [1.82, 2.24) is 4.90 Å². The van der Waals surface area contributed by atoms with Crippen LogP contribution in [0.3, 0.4) is 0 Å². The number of hydrogen-bond donors (Lipinski definition) is 1. The van der Waals surface area contributed by atoms with E-state index in [1.54, 1.807) is 13.2 Å². The summed E-state index contributed by atoms with van der Waals surface area (Å²) >= 11 is -1.46. The molecular weight excluding hydrogens is 470 g/mol. The Kier molecular flexibility index (Phi) is 8.78. The molecule has 1 aliphatic rings. The molecule has 1 saturated heterocycles. The third-order valence-corrected chi connectivity index (χ3v) is 7.73. The zero-order valence-corrected chi connectivity index (χ0v) is 22.1. The zero-order valence-electron chi connectivity index (χ0n) is 21.3. The van der Waals surface area contributed by atoms with Crippen LogP contribution in [0.2, 0.25) is 0 Å². The molecule has 0 aromatic heterocycles. The van der Waals surface area contributed by atoms with E-state index in [1.807, 2.05) is 60.4 Å². The molecule has 0 radical (unpaired) electrons. The van der Waals surface area contributed by atoms with Crippen LogP contribution in [0.5, 0.6) is 5.75 Å². The fraction of sp³-hybridized carbons (Fsp3) is 0.345. The van der Waals surface area contributed by atoms with Crippen molar-refractivity contribution in [3.8, 4) is 5.75 Å². The second-order valence-electron chi connectivity index (χ2n) is 9.10. The molecule has 1 amide bonds. The highest BCUT2D eigenvalue weighted by molar-refractivity contribution is 7.92. The summed E-state index contributed by atoms with van der Waals surface area (Å²) in [4.78, 5) is 18.1. The Labute approximate surface area is 217 Å². The number of nitrogens with zero attached hydrogens (tertiary/aromatic N) is 2. The first-order valence-electron chi connectivity index (χ1n) is 12.6. The van der Waals surface area contributed by atoms with Crippen LogP contribution in [-0.4, -0.2) is 48.6 Å². The molecule has 1 N–H and O–H groups in total. The summed E-state index contributed by atoms with van der Waals surface area (Å²) < 4.78 is 21.6. The number of nitrogens with one attached hydrogen (secondary N) is 1. The second kappa shape index (κ2) is 12.2. The van der Waals surface area contributed by atoms with Gasteiger partial charge in [-0.2, -0.15) is 0 Å². The number of aryl methyl sites for hydroxylation is 2. The summed E-state index contributed by atoms with van der Waals surface area (Å²) in [5.41, 5.74) is 4.61. The Morgan fingerprint density at radius 1 is 1.03 bits per heavy atom. The van der Waals surface area contributed by atoms with Gasteiger partial charge in [-0.3, -0.25) is 4.79 Å². The molecule has 0 saturated carbocycles. The highest BCUT2D eigenvalue weighted by Crippen LogP contribution is 2.29. The Hall–Kier alpha value is -3.16. The summed E-state index contributed by atoms with van der Waals surface area (Å²) in [6, 6.07) is 21.5. The van der Waals surface area contributed by atoms with Gasteiger partial charge in [-0.1, -0.05) is 43.7 Å². The monoisotopic (exact) mass is 505 g/mol. The molecule has 6 nitrogen and oxygen atoms in total. The minimum absolute atomic E-state index is 0.0219. The van der Waals surface area contributed by atoms with Crippen LogP contribution in [-0.2, 0) is 17.8 Å². The zero-order chi connectivity index (χ0) is 25.5. The molecule has 190 valence electrons. The third kappa shape index (κ3) is 6.15. The molecule has 1 fully saturated rings. The molecule has 0 aliphatic carbocycles. The summed E-state index contributed by atoms with van der Waals surface area (Å²) in [7, 11) is 1.68. The van der Waals surface area contributed by atoms with Gasteiger partial charge in [0.05, 0.1) is 18.5 Å². The van der Waals surface area contributed by atoms with Crippen LogP contribution in [0, 0.1) is 6.92 Å². The molecule has 1 aliphatic heterocycles. The van der Waals surface area contributed by atoms with Crippen LogP contribution < -0.4 is 14.4 Å². The van der Waals surface area contributed by atoms with Crippen molar-refractivity contribution in [2.45, 2.75) is 38.0 Å². The normalized spacial score (nSPS) is 14.4. The van der Waals surface area contributed by atoms with Crippen LogP contribution in [0.15, 0.2) is 71.6 Å². The lowest BCUT2D eigenvalue weighted by Crippen LogP contribution is -2.49. The smallest absolute Gasteiger partial charge is 0.254 e. The number of ether oxygens (including phenoxy) is 1. The number of amides is 1. The average molecular weight is 506 g/mol. The van der Waals surface area contributed by atoms with Crippen LogP contribution in [0.25, 0.3) is 0 Å². The first kappa shape index (κ1) is 25.9. The second-order valence-corrected chi connectivity index (χ2v) is 10.3. The number of rotatable bonds is 9. The fourth-order valence-electron chi connectivity index (χ4n) is 4.44. The molecular formula is C29H35N3O3S. The maximum atomic E-state index is 13.4. The third-order valence-electron chi connectivity index (χ3n) is 6.63. The molecule has 1 heterocycles. The van der Waals surface area contributed by atoms with E-state index in [9.17, 15) is 9.35 Å². The van der Waals surface area contributed by atoms with Gasteiger partial charge in [0.25, 0.3) is 5.91 Å². The average Bonchev–Trinajstić information content (AvgIpc) is 2.92. The minimum atomic E-state index is -1.46. The molecule has 1 unspecified atom stereocenters. The predicted molar refractivity (Wildman–Crippen MR) is 147 cm³/mol. The molecule has 7 heteroatoms. The number of para-hydroxylation sites is 2. The largest absolute Gasteiger partial charge is 0.588 e. The van der Waals surface area contributed by atoms with Gasteiger partial charge in [0.2, 0.25) is 0 Å². The van der Waals surface area contributed by atoms with Crippen molar-refractivity contribution < 1.29 is 14.1 Å². The molecule has 36 heavy (non-hydrogen) atoms. The van der Waals surface area contributed by atoms with Crippen molar-refractivity contribution in [3.05, 3.63) is 83.4 Å².